The quantitative estimate of drug-likeness (QED) is 0.0287. The largest absolute Gasteiger partial charge is 0.508 e. The summed E-state index contributed by atoms with van der Waals surface area (Å²) in [6.07, 6.45) is -2.99. The van der Waals surface area contributed by atoms with Gasteiger partial charge in [-0.3, -0.25) is 38.4 Å². The Morgan fingerprint density at radius 2 is 0.736 bits per heavy atom. The first-order valence-electron chi connectivity index (χ1n) is 23.1. The molecule has 22 heteroatoms. The van der Waals surface area contributed by atoms with E-state index in [1.54, 1.807) is 84.9 Å². The normalized spacial score (nSPS) is 14.2. The van der Waals surface area contributed by atoms with Crippen molar-refractivity contribution in [2.75, 3.05) is 26.2 Å². The van der Waals surface area contributed by atoms with Gasteiger partial charge in [0, 0.05) is 25.9 Å². The highest BCUT2D eigenvalue weighted by Gasteiger charge is 2.28. The van der Waals surface area contributed by atoms with Gasteiger partial charge in [-0.1, -0.05) is 84.9 Å². The number of nitrogens with two attached hydrogens (primary N) is 2. The second-order valence-corrected chi connectivity index (χ2v) is 17.1. The topological polar surface area (TPSA) is 366 Å². The summed E-state index contributed by atoms with van der Waals surface area (Å²) in [6, 6.07) is 22.9. The van der Waals surface area contributed by atoms with Crippen molar-refractivity contribution in [3.8, 4) is 11.5 Å². The first kappa shape index (κ1) is 56.7. The number of aromatic hydroxyl groups is 2. The second-order valence-electron chi connectivity index (χ2n) is 17.1. The molecule has 0 unspecified atom stereocenters. The van der Waals surface area contributed by atoms with E-state index in [4.69, 9.17) is 11.5 Å². The number of hydrogen-bond donors (Lipinski definition) is 14. The van der Waals surface area contributed by atoms with Gasteiger partial charge in [0.15, 0.2) is 0 Å². The van der Waals surface area contributed by atoms with Gasteiger partial charge < -0.3 is 74.4 Å². The molecule has 0 radical (unpaired) electrons. The van der Waals surface area contributed by atoms with Crippen LogP contribution in [0.15, 0.2) is 109 Å². The lowest BCUT2D eigenvalue weighted by Gasteiger charge is -2.24. The number of phenolic OH excluding ortho intramolecular Hbond substituents is 2. The highest BCUT2D eigenvalue weighted by Crippen LogP contribution is 2.13. The van der Waals surface area contributed by atoms with Gasteiger partial charge in [-0.2, -0.15) is 0 Å². The summed E-state index contributed by atoms with van der Waals surface area (Å²) in [5.41, 5.74) is 14.7. The van der Waals surface area contributed by atoms with Crippen LogP contribution in [0.2, 0.25) is 0 Å². The van der Waals surface area contributed by atoms with Crippen LogP contribution in [-0.2, 0) is 64.0 Å². The predicted molar refractivity (Wildman–Crippen MR) is 263 cm³/mol. The van der Waals surface area contributed by atoms with Crippen molar-refractivity contribution in [1.29, 1.82) is 0 Å². The van der Waals surface area contributed by atoms with Gasteiger partial charge in [0.2, 0.25) is 47.3 Å². The van der Waals surface area contributed by atoms with E-state index in [9.17, 15) is 58.8 Å². The smallest absolute Gasteiger partial charge is 0.243 e. The Morgan fingerprint density at radius 3 is 1.07 bits per heavy atom. The number of nitrogens with one attached hydrogen (secondary N) is 8. The van der Waals surface area contributed by atoms with Crippen molar-refractivity contribution in [1.82, 2.24) is 42.5 Å². The summed E-state index contributed by atoms with van der Waals surface area (Å²) in [5, 5.41) is 60.4. The molecule has 8 amide bonds. The van der Waals surface area contributed by atoms with Gasteiger partial charge in [0.05, 0.1) is 37.4 Å². The SMILES string of the molecule is C[C@@H](NC(=O)[C@@H](N)Cc1ccc(O)cc1)C(=O)NCC(=O)N[C@@H](Cc1ccccc1)C(=O)NC[C@@H](O)[C@@H](O)CNC(=O)[C@H](Cc1ccccc1)NC(=O)CNC(=O)[C@@H](C)NC(=O)[C@@H](N)Cc1ccc(O)cc1. The molecule has 0 heterocycles. The number of aliphatic hydroxyl groups is 2. The maximum atomic E-state index is 13.5. The van der Waals surface area contributed by atoms with Crippen LogP contribution in [0.1, 0.15) is 36.1 Å². The summed E-state index contributed by atoms with van der Waals surface area (Å²) in [4.78, 5) is 104. The summed E-state index contributed by atoms with van der Waals surface area (Å²) < 4.78 is 0. The van der Waals surface area contributed by atoms with Crippen molar-refractivity contribution < 1.29 is 58.8 Å². The summed E-state index contributed by atoms with van der Waals surface area (Å²) in [7, 11) is 0. The Kier molecular flexibility index (Phi) is 22.6. The lowest BCUT2D eigenvalue weighted by atomic mass is 10.0. The molecule has 16 N–H and O–H groups in total. The number of benzene rings is 4. The monoisotopic (exact) mass is 996 g/mol. The molecule has 22 nitrogen and oxygen atoms in total. The zero-order valence-electron chi connectivity index (χ0n) is 39.9. The molecule has 72 heavy (non-hydrogen) atoms. The van der Waals surface area contributed by atoms with Crippen molar-refractivity contribution in [2.24, 2.45) is 11.5 Å². The zero-order chi connectivity index (χ0) is 52.7. The molecule has 0 aliphatic heterocycles. The number of aliphatic hydroxyl groups excluding tert-OH is 2. The first-order valence-corrected chi connectivity index (χ1v) is 23.1. The van der Waals surface area contributed by atoms with Gasteiger partial charge in [0.1, 0.15) is 35.7 Å². The molecule has 0 aliphatic rings. The Labute approximate surface area is 416 Å². The minimum atomic E-state index is -1.63. The summed E-state index contributed by atoms with van der Waals surface area (Å²) in [6.45, 7) is 0.612. The third kappa shape index (κ3) is 19.8. The minimum absolute atomic E-state index is 0.00202. The zero-order valence-corrected chi connectivity index (χ0v) is 39.9. The van der Waals surface area contributed by atoms with Crippen LogP contribution in [0, 0.1) is 0 Å². The molecule has 8 atom stereocenters. The van der Waals surface area contributed by atoms with E-state index in [1.165, 1.54) is 38.1 Å². The van der Waals surface area contributed by atoms with E-state index in [-0.39, 0.29) is 37.2 Å². The van der Waals surface area contributed by atoms with E-state index in [1.807, 2.05) is 0 Å². The number of carbonyl (C=O) groups excluding carboxylic acids is 8. The van der Waals surface area contributed by atoms with Crippen LogP contribution in [0.25, 0.3) is 0 Å². The summed E-state index contributed by atoms with van der Waals surface area (Å²) >= 11 is 0. The third-order valence-corrected chi connectivity index (χ3v) is 11.1. The molecule has 0 aliphatic carbocycles. The molecule has 0 spiro atoms. The molecule has 0 bridgehead atoms. The highest BCUT2D eigenvalue weighted by atomic mass is 16.3. The lowest BCUT2D eigenvalue weighted by molar-refractivity contribution is -0.132. The van der Waals surface area contributed by atoms with Crippen LogP contribution >= 0.6 is 0 Å². The average Bonchev–Trinajstić information content (AvgIpc) is 3.36. The number of phenols is 2. The molecule has 386 valence electrons. The lowest BCUT2D eigenvalue weighted by Crippen LogP contribution is -2.55. The highest BCUT2D eigenvalue weighted by molar-refractivity contribution is 5.94. The number of rotatable bonds is 27. The van der Waals surface area contributed by atoms with Crippen molar-refractivity contribution in [3.63, 3.8) is 0 Å². The fourth-order valence-corrected chi connectivity index (χ4v) is 6.91. The molecular weight excluding hydrogens is 933 g/mol. The number of amides is 8. The molecular formula is C50H64N10O12. The fourth-order valence-electron chi connectivity index (χ4n) is 6.91. The van der Waals surface area contributed by atoms with Gasteiger partial charge in [-0.05, 0) is 73.2 Å². The van der Waals surface area contributed by atoms with E-state index >= 15 is 0 Å². The standard InChI is InChI=1S/C50H64N10O12/c1-29(57-47(69)37(51)21-33-13-17-35(61)18-14-33)45(67)55-27-43(65)59-39(23-31-9-5-3-6-10-31)49(71)53-25-41(63)42(64)26-54-50(72)40(24-32-11-7-4-8-12-32)60-44(66)28-56-46(68)30(2)58-48(70)38(52)22-34-15-19-36(62)20-16-34/h3-20,29-30,37-42,61-64H,21-28,51-52H2,1-2H3,(H,53,71)(H,54,72)(H,55,67)(H,56,68)(H,57,69)(H,58,70)(H,59,65)(H,60,66)/t29-,30-,37+,38+,39+,40+,41-,42+/m1/s1. The Morgan fingerprint density at radius 1 is 0.417 bits per heavy atom. The maximum absolute atomic E-state index is 13.5. The van der Waals surface area contributed by atoms with Gasteiger partial charge in [-0.15, -0.1) is 0 Å². The maximum Gasteiger partial charge on any atom is 0.243 e. The molecule has 4 rings (SSSR count). The average molecular weight is 997 g/mol. The summed E-state index contributed by atoms with van der Waals surface area (Å²) in [5.74, 6) is -5.56. The van der Waals surface area contributed by atoms with Crippen LogP contribution < -0.4 is 54.0 Å². The number of hydrogen-bond acceptors (Lipinski definition) is 14. The van der Waals surface area contributed by atoms with Gasteiger partial charge >= 0.3 is 0 Å². The van der Waals surface area contributed by atoms with Crippen molar-refractivity contribution in [3.05, 3.63) is 131 Å². The predicted octanol–water partition coefficient (Wildman–Crippen LogP) is -2.81. The van der Waals surface area contributed by atoms with Crippen LogP contribution in [0.5, 0.6) is 11.5 Å². The third-order valence-electron chi connectivity index (χ3n) is 11.1. The second kappa shape index (κ2) is 28.7. The molecule has 4 aromatic rings. The van der Waals surface area contributed by atoms with Crippen molar-refractivity contribution >= 4 is 47.3 Å². The van der Waals surface area contributed by atoms with Gasteiger partial charge in [-0.25, -0.2) is 0 Å². The van der Waals surface area contributed by atoms with E-state index < -0.39 is 122 Å². The molecule has 0 saturated carbocycles. The Hall–Kier alpha value is -7.92. The van der Waals surface area contributed by atoms with Crippen molar-refractivity contribution in [2.45, 2.75) is 88.0 Å². The van der Waals surface area contributed by atoms with Crippen LogP contribution in [-0.4, -0.2) is 142 Å². The van der Waals surface area contributed by atoms with E-state index in [0.717, 1.165) is 0 Å². The molecule has 0 fully saturated rings. The van der Waals surface area contributed by atoms with Gasteiger partial charge in [0.25, 0.3) is 0 Å². The van der Waals surface area contributed by atoms with E-state index in [0.29, 0.717) is 22.3 Å². The molecule has 0 saturated heterocycles. The first-order chi connectivity index (χ1) is 34.3. The van der Waals surface area contributed by atoms with Crippen LogP contribution in [0.4, 0.5) is 0 Å². The number of carbonyl (C=O) groups is 8. The van der Waals surface area contributed by atoms with Crippen LogP contribution in [0.3, 0.4) is 0 Å². The molecule has 0 aromatic heterocycles. The van der Waals surface area contributed by atoms with E-state index in [2.05, 4.69) is 42.5 Å². The Bertz CT molecular complexity index is 2260. The Balaban J connectivity index is 1.25. The minimum Gasteiger partial charge on any atom is -0.508 e. The fraction of sp³-hybridized carbons (Fsp3) is 0.360. The molecule has 4 aromatic carbocycles.